The van der Waals surface area contributed by atoms with E-state index in [4.69, 9.17) is 0 Å². The fourth-order valence-electron chi connectivity index (χ4n) is 2.71. The highest BCUT2D eigenvalue weighted by Gasteiger charge is 2.68. The molecule has 5 heteroatoms. The molecule has 1 saturated carbocycles. The number of hydrogen-bond acceptors (Lipinski definition) is 1. The lowest BCUT2D eigenvalue weighted by Gasteiger charge is -2.09. The molecule has 0 radical (unpaired) electrons. The first kappa shape index (κ1) is 14.4. The summed E-state index contributed by atoms with van der Waals surface area (Å²) in [6.45, 7) is 7.91. The van der Waals surface area contributed by atoms with Crippen LogP contribution in [0.25, 0.3) is 0 Å². The van der Waals surface area contributed by atoms with Gasteiger partial charge in [0.05, 0.1) is 0 Å². The van der Waals surface area contributed by atoms with Crippen molar-refractivity contribution in [3.8, 4) is 0 Å². The smallest absolute Gasteiger partial charge is 0.228 e. The van der Waals surface area contributed by atoms with Gasteiger partial charge in [-0.3, -0.25) is 4.79 Å². The van der Waals surface area contributed by atoms with Gasteiger partial charge in [0.15, 0.2) is 11.6 Å². The number of hydrogen-bond donors (Lipinski definition) is 1. The minimum Gasteiger partial charge on any atom is -0.321 e. The molecule has 0 heterocycles. The summed E-state index contributed by atoms with van der Waals surface area (Å²) in [6.07, 6.45) is 0. The largest absolute Gasteiger partial charge is 0.321 e. The van der Waals surface area contributed by atoms with Crippen molar-refractivity contribution in [2.45, 2.75) is 27.7 Å². The molecule has 1 aliphatic carbocycles. The predicted molar refractivity (Wildman–Crippen MR) is 73.7 cm³/mol. The Morgan fingerprint density at radius 1 is 1.16 bits per heavy atom. The van der Waals surface area contributed by atoms with Crippen LogP contribution in [0.1, 0.15) is 27.7 Å². The molecule has 0 atom stereocenters. The highest BCUT2D eigenvalue weighted by Crippen LogP contribution is 2.68. The highest BCUT2D eigenvalue weighted by molar-refractivity contribution is 9.10. The Hall–Kier alpha value is -0.970. The van der Waals surface area contributed by atoms with E-state index >= 15 is 0 Å². The van der Waals surface area contributed by atoms with E-state index in [0.717, 1.165) is 12.1 Å². The summed E-state index contributed by atoms with van der Waals surface area (Å²) in [4.78, 5) is 12.1. The Morgan fingerprint density at radius 2 is 1.58 bits per heavy atom. The standard InChI is InChI=1S/C14H16BrF2NO/c1-13(2)11(14(13,3)4)12(19)18-10-8(16)5-7(15)6-9(10)17/h5-6,11H,1-4H3,(H,18,19). The summed E-state index contributed by atoms with van der Waals surface area (Å²) in [6, 6.07) is 2.25. The van der Waals surface area contributed by atoms with Gasteiger partial charge in [0, 0.05) is 10.4 Å². The molecule has 1 aromatic rings. The van der Waals surface area contributed by atoms with Gasteiger partial charge < -0.3 is 5.32 Å². The molecule has 0 saturated heterocycles. The van der Waals surface area contributed by atoms with Crippen LogP contribution < -0.4 is 5.32 Å². The number of amides is 1. The molecule has 0 unspecified atom stereocenters. The molecular weight excluding hydrogens is 316 g/mol. The number of nitrogens with one attached hydrogen (secondary N) is 1. The average molecular weight is 332 g/mol. The molecule has 2 nitrogen and oxygen atoms in total. The molecular formula is C14H16BrF2NO. The average Bonchev–Trinajstić information content (AvgIpc) is 2.63. The van der Waals surface area contributed by atoms with Crippen molar-refractivity contribution in [1.82, 2.24) is 0 Å². The maximum absolute atomic E-state index is 13.7. The van der Waals surface area contributed by atoms with Gasteiger partial charge in [-0.1, -0.05) is 43.6 Å². The molecule has 1 fully saturated rings. The zero-order chi connectivity index (χ0) is 14.6. The van der Waals surface area contributed by atoms with E-state index in [-0.39, 0.29) is 28.3 Å². The van der Waals surface area contributed by atoms with Crippen molar-refractivity contribution in [2.75, 3.05) is 5.32 Å². The van der Waals surface area contributed by atoms with Crippen molar-refractivity contribution in [1.29, 1.82) is 0 Å². The molecule has 1 aliphatic rings. The van der Waals surface area contributed by atoms with E-state index in [9.17, 15) is 13.6 Å². The number of carbonyl (C=O) groups excluding carboxylic acids is 1. The van der Waals surface area contributed by atoms with Gasteiger partial charge in [-0.05, 0) is 23.0 Å². The van der Waals surface area contributed by atoms with E-state index in [1.165, 1.54) is 0 Å². The Balaban J connectivity index is 2.23. The van der Waals surface area contributed by atoms with Gasteiger partial charge >= 0.3 is 0 Å². The molecule has 0 aliphatic heterocycles. The van der Waals surface area contributed by atoms with Crippen molar-refractivity contribution >= 4 is 27.5 Å². The topological polar surface area (TPSA) is 29.1 Å². The summed E-state index contributed by atoms with van der Waals surface area (Å²) in [5, 5.41) is 2.37. The van der Waals surface area contributed by atoms with E-state index < -0.39 is 11.6 Å². The zero-order valence-corrected chi connectivity index (χ0v) is 12.9. The zero-order valence-electron chi connectivity index (χ0n) is 11.3. The third kappa shape index (κ3) is 2.18. The minimum atomic E-state index is -0.781. The number of anilines is 1. The quantitative estimate of drug-likeness (QED) is 0.857. The molecule has 0 aromatic heterocycles. The van der Waals surface area contributed by atoms with E-state index in [0.29, 0.717) is 4.47 Å². The summed E-state index contributed by atoms with van der Waals surface area (Å²) in [5.74, 6) is -2.15. The summed E-state index contributed by atoms with van der Waals surface area (Å²) in [5.41, 5.74) is -0.717. The predicted octanol–water partition coefficient (Wildman–Crippen LogP) is 4.35. The van der Waals surface area contributed by atoms with Crippen LogP contribution in [0.2, 0.25) is 0 Å². The molecule has 2 rings (SSSR count). The monoisotopic (exact) mass is 331 g/mol. The second-order valence-electron chi connectivity index (χ2n) is 6.11. The van der Waals surface area contributed by atoms with Crippen LogP contribution in [0.3, 0.4) is 0 Å². The SMILES string of the molecule is CC1(C)C(C(=O)Nc2c(F)cc(Br)cc2F)C1(C)C. The van der Waals surface area contributed by atoms with Gasteiger partial charge in [0.2, 0.25) is 5.91 Å². The molecule has 104 valence electrons. The Morgan fingerprint density at radius 3 is 1.95 bits per heavy atom. The number of benzene rings is 1. The molecule has 1 aromatic carbocycles. The summed E-state index contributed by atoms with van der Waals surface area (Å²) in [7, 11) is 0. The van der Waals surface area contributed by atoms with Gasteiger partial charge in [-0.15, -0.1) is 0 Å². The Kier molecular flexibility index (Phi) is 3.24. The lowest BCUT2D eigenvalue weighted by atomic mass is 10.0. The Labute approximate surface area is 119 Å². The van der Waals surface area contributed by atoms with Gasteiger partial charge in [-0.25, -0.2) is 8.78 Å². The first-order chi connectivity index (χ1) is 8.59. The van der Waals surface area contributed by atoms with Gasteiger partial charge in [-0.2, -0.15) is 0 Å². The number of halogens is 3. The van der Waals surface area contributed by atoms with Crippen molar-refractivity contribution in [3.05, 3.63) is 28.2 Å². The van der Waals surface area contributed by atoms with Crippen molar-refractivity contribution in [2.24, 2.45) is 16.7 Å². The van der Waals surface area contributed by atoms with E-state index in [2.05, 4.69) is 21.2 Å². The minimum absolute atomic E-state index is 0.167. The third-order valence-electron chi connectivity index (χ3n) is 4.54. The van der Waals surface area contributed by atoms with Gasteiger partial charge in [0.1, 0.15) is 5.69 Å². The van der Waals surface area contributed by atoms with Crippen molar-refractivity contribution < 1.29 is 13.6 Å². The molecule has 19 heavy (non-hydrogen) atoms. The summed E-state index contributed by atoms with van der Waals surface area (Å²) >= 11 is 3.00. The van der Waals surface area contributed by atoms with Crippen LogP contribution in [-0.4, -0.2) is 5.91 Å². The van der Waals surface area contributed by atoms with Crippen LogP contribution in [-0.2, 0) is 4.79 Å². The van der Waals surface area contributed by atoms with Crippen LogP contribution in [0.4, 0.5) is 14.5 Å². The van der Waals surface area contributed by atoms with Gasteiger partial charge in [0.25, 0.3) is 0 Å². The first-order valence-electron chi connectivity index (χ1n) is 6.04. The number of carbonyl (C=O) groups is 1. The maximum Gasteiger partial charge on any atom is 0.228 e. The first-order valence-corrected chi connectivity index (χ1v) is 6.83. The normalized spacial score (nSPS) is 20.2. The second kappa shape index (κ2) is 4.27. The second-order valence-corrected chi connectivity index (χ2v) is 7.03. The van der Waals surface area contributed by atoms with Crippen LogP contribution in [0.15, 0.2) is 16.6 Å². The van der Waals surface area contributed by atoms with Crippen LogP contribution in [0, 0.1) is 28.4 Å². The fourth-order valence-corrected chi connectivity index (χ4v) is 3.11. The fraction of sp³-hybridized carbons (Fsp3) is 0.500. The Bertz CT molecular complexity index is 517. The van der Waals surface area contributed by atoms with Crippen LogP contribution in [0.5, 0.6) is 0 Å². The maximum atomic E-state index is 13.7. The summed E-state index contributed by atoms with van der Waals surface area (Å²) < 4.78 is 27.6. The molecule has 1 N–H and O–H groups in total. The van der Waals surface area contributed by atoms with E-state index in [1.807, 2.05) is 27.7 Å². The molecule has 1 amide bonds. The third-order valence-corrected chi connectivity index (χ3v) is 5.00. The molecule has 0 bridgehead atoms. The van der Waals surface area contributed by atoms with Crippen LogP contribution >= 0.6 is 15.9 Å². The lowest BCUT2D eigenvalue weighted by molar-refractivity contribution is -0.118. The van der Waals surface area contributed by atoms with Crippen molar-refractivity contribution in [3.63, 3.8) is 0 Å². The molecule has 0 spiro atoms. The van der Waals surface area contributed by atoms with E-state index in [1.54, 1.807) is 0 Å². The number of rotatable bonds is 2. The highest BCUT2D eigenvalue weighted by atomic mass is 79.9. The lowest BCUT2D eigenvalue weighted by Crippen LogP contribution is -2.19.